The van der Waals surface area contributed by atoms with Crippen molar-refractivity contribution in [3.8, 4) is 0 Å². The van der Waals surface area contributed by atoms with E-state index in [0.29, 0.717) is 6.17 Å². The summed E-state index contributed by atoms with van der Waals surface area (Å²) in [6, 6.07) is 0. The van der Waals surface area contributed by atoms with Crippen LogP contribution in [-0.4, -0.2) is 30.4 Å². The molecule has 0 spiro atoms. The molecule has 0 aromatic rings. The van der Waals surface area contributed by atoms with Gasteiger partial charge in [0.05, 0.1) is 6.17 Å². The number of piperidine rings is 1. The van der Waals surface area contributed by atoms with Gasteiger partial charge in [0.15, 0.2) is 0 Å². The van der Waals surface area contributed by atoms with Crippen LogP contribution in [-0.2, 0) is 0 Å². The van der Waals surface area contributed by atoms with Gasteiger partial charge in [-0.15, -0.1) is 0 Å². The highest BCUT2D eigenvalue weighted by Crippen LogP contribution is 2.12. The van der Waals surface area contributed by atoms with E-state index in [1.165, 1.54) is 37.9 Å². The van der Waals surface area contributed by atoms with Gasteiger partial charge in [-0.25, -0.2) is 0 Å². The van der Waals surface area contributed by atoms with Crippen molar-refractivity contribution in [1.82, 2.24) is 4.90 Å². The van der Waals surface area contributed by atoms with E-state index < -0.39 is 0 Å². The molecule has 0 N–H and O–H groups in total. The number of allylic oxidation sites excluding steroid dienone is 2. The molecule has 0 radical (unpaired) electrons. The predicted molar refractivity (Wildman–Crippen MR) is 62.8 cm³/mol. The molecule has 1 fully saturated rings. The second-order valence-corrected chi connectivity index (χ2v) is 4.04. The molecule has 2 heteroatoms. The van der Waals surface area contributed by atoms with Crippen LogP contribution in [0.4, 0.5) is 0 Å². The van der Waals surface area contributed by atoms with Crippen LogP contribution in [0.25, 0.3) is 0 Å². The summed E-state index contributed by atoms with van der Waals surface area (Å²) < 4.78 is 0. The van der Waals surface area contributed by atoms with E-state index in [0.717, 1.165) is 0 Å². The van der Waals surface area contributed by atoms with Crippen LogP contribution in [0.2, 0.25) is 0 Å². The van der Waals surface area contributed by atoms with E-state index in [2.05, 4.69) is 29.8 Å². The second-order valence-electron chi connectivity index (χ2n) is 4.04. The van der Waals surface area contributed by atoms with E-state index in [-0.39, 0.29) is 0 Å². The third kappa shape index (κ3) is 3.62. The minimum Gasteiger partial charge on any atom is -0.282 e. The van der Waals surface area contributed by atoms with Gasteiger partial charge in [-0.1, -0.05) is 12.5 Å². The van der Waals surface area contributed by atoms with E-state index in [1.54, 1.807) is 0 Å². The van der Waals surface area contributed by atoms with Gasteiger partial charge in [0.1, 0.15) is 0 Å². The maximum Gasteiger partial charge on any atom is 0.0990 e. The van der Waals surface area contributed by atoms with Crippen molar-refractivity contribution in [3.05, 3.63) is 11.6 Å². The van der Waals surface area contributed by atoms with Crippen LogP contribution in [0.5, 0.6) is 0 Å². The Hall–Kier alpha value is -0.630. The van der Waals surface area contributed by atoms with Gasteiger partial charge >= 0.3 is 0 Å². The zero-order chi connectivity index (χ0) is 10.4. The quantitative estimate of drug-likeness (QED) is 0.631. The highest BCUT2D eigenvalue weighted by molar-refractivity contribution is 5.77. The van der Waals surface area contributed by atoms with Crippen molar-refractivity contribution >= 4 is 6.21 Å². The lowest BCUT2D eigenvalue weighted by molar-refractivity contribution is 0.179. The Labute approximate surface area is 87.7 Å². The normalized spacial score (nSPS) is 22.9. The Bertz CT molecular complexity index is 212. The van der Waals surface area contributed by atoms with Gasteiger partial charge in [-0.05, 0) is 39.2 Å². The van der Waals surface area contributed by atoms with E-state index >= 15 is 0 Å². The van der Waals surface area contributed by atoms with Gasteiger partial charge in [0, 0.05) is 19.3 Å². The molecular weight excluding hydrogens is 172 g/mol. The number of hydrogen-bond donors (Lipinski definition) is 0. The van der Waals surface area contributed by atoms with Crippen molar-refractivity contribution in [2.45, 2.75) is 46.2 Å². The zero-order valence-electron chi connectivity index (χ0n) is 9.66. The summed E-state index contributed by atoms with van der Waals surface area (Å²) in [4.78, 5) is 7.01. The minimum absolute atomic E-state index is 0.352. The smallest absolute Gasteiger partial charge is 0.0990 e. The van der Waals surface area contributed by atoms with Crippen LogP contribution < -0.4 is 0 Å². The van der Waals surface area contributed by atoms with Crippen LogP contribution in [0.3, 0.4) is 0 Å². The number of likely N-dealkylation sites (tertiary alicyclic amines) is 1. The highest BCUT2D eigenvalue weighted by Gasteiger charge is 2.14. The van der Waals surface area contributed by atoms with Crippen molar-refractivity contribution in [2.24, 2.45) is 4.99 Å². The predicted octanol–water partition coefficient (Wildman–Crippen LogP) is 2.86. The number of aliphatic imine (C=N–C) groups is 1. The molecule has 0 bridgehead atoms. The number of hydrogen-bond acceptors (Lipinski definition) is 2. The van der Waals surface area contributed by atoms with Gasteiger partial charge in [-0.2, -0.15) is 0 Å². The lowest BCUT2D eigenvalue weighted by atomic mass is 10.1. The largest absolute Gasteiger partial charge is 0.282 e. The van der Waals surface area contributed by atoms with E-state index in [9.17, 15) is 0 Å². The van der Waals surface area contributed by atoms with Gasteiger partial charge in [-0.3, -0.25) is 9.89 Å². The lowest BCUT2D eigenvalue weighted by Gasteiger charge is -2.29. The Morgan fingerprint density at radius 2 is 1.93 bits per heavy atom. The molecule has 1 saturated heterocycles. The molecule has 0 amide bonds. The molecule has 1 aliphatic rings. The topological polar surface area (TPSA) is 15.6 Å². The first-order valence-corrected chi connectivity index (χ1v) is 5.64. The Balaban J connectivity index is 2.39. The molecule has 0 aliphatic carbocycles. The SMILES string of the molecule is C/C=C(C)\C=N/C(C)N1CCCCC1. The Kier molecular flexibility index (Phi) is 4.88. The summed E-state index contributed by atoms with van der Waals surface area (Å²) in [5, 5.41) is 0. The summed E-state index contributed by atoms with van der Waals surface area (Å²) in [6.07, 6.45) is 8.49. The fourth-order valence-electron chi connectivity index (χ4n) is 1.69. The Morgan fingerprint density at radius 1 is 1.29 bits per heavy atom. The summed E-state index contributed by atoms with van der Waals surface area (Å²) in [5.41, 5.74) is 1.24. The molecular formula is C12H22N2. The fraction of sp³-hybridized carbons (Fsp3) is 0.750. The van der Waals surface area contributed by atoms with Gasteiger partial charge in [0.2, 0.25) is 0 Å². The Morgan fingerprint density at radius 3 is 2.50 bits per heavy atom. The van der Waals surface area contributed by atoms with Gasteiger partial charge < -0.3 is 0 Å². The van der Waals surface area contributed by atoms with Crippen LogP contribution in [0.15, 0.2) is 16.6 Å². The molecule has 0 saturated carbocycles. The maximum atomic E-state index is 4.55. The zero-order valence-corrected chi connectivity index (χ0v) is 9.66. The molecule has 1 aliphatic heterocycles. The van der Waals surface area contributed by atoms with Crippen molar-refractivity contribution in [3.63, 3.8) is 0 Å². The standard InChI is InChI=1S/C12H22N2/c1-4-11(2)10-13-12(3)14-8-6-5-7-9-14/h4,10,12H,5-9H2,1-3H3/b11-4-,13-10-. The molecule has 14 heavy (non-hydrogen) atoms. The van der Waals surface area contributed by atoms with Crippen LogP contribution in [0.1, 0.15) is 40.0 Å². The average molecular weight is 194 g/mol. The summed E-state index contributed by atoms with van der Waals surface area (Å²) in [6.45, 7) is 8.75. The molecule has 0 aromatic heterocycles. The number of rotatable bonds is 3. The van der Waals surface area contributed by atoms with E-state index in [1.807, 2.05) is 13.1 Å². The minimum atomic E-state index is 0.352. The first-order valence-electron chi connectivity index (χ1n) is 5.64. The fourth-order valence-corrected chi connectivity index (χ4v) is 1.69. The summed E-state index contributed by atoms with van der Waals surface area (Å²) in [7, 11) is 0. The van der Waals surface area contributed by atoms with Crippen molar-refractivity contribution < 1.29 is 0 Å². The van der Waals surface area contributed by atoms with Crippen LogP contribution >= 0.6 is 0 Å². The van der Waals surface area contributed by atoms with Crippen molar-refractivity contribution in [2.75, 3.05) is 13.1 Å². The molecule has 1 heterocycles. The highest BCUT2D eigenvalue weighted by atomic mass is 15.2. The molecule has 1 rings (SSSR count). The number of nitrogens with zero attached hydrogens (tertiary/aromatic N) is 2. The molecule has 1 unspecified atom stereocenters. The summed E-state index contributed by atoms with van der Waals surface area (Å²) in [5.74, 6) is 0. The van der Waals surface area contributed by atoms with E-state index in [4.69, 9.17) is 0 Å². The molecule has 0 aromatic carbocycles. The maximum absolute atomic E-state index is 4.55. The third-order valence-electron chi connectivity index (χ3n) is 2.87. The third-order valence-corrected chi connectivity index (χ3v) is 2.87. The second kappa shape index (κ2) is 5.97. The molecule has 2 nitrogen and oxygen atoms in total. The first kappa shape index (κ1) is 11.4. The average Bonchev–Trinajstić information content (AvgIpc) is 2.26. The summed E-state index contributed by atoms with van der Waals surface area (Å²) >= 11 is 0. The molecule has 1 atom stereocenters. The lowest BCUT2D eigenvalue weighted by Crippen LogP contribution is -2.36. The monoisotopic (exact) mass is 194 g/mol. The molecule has 80 valence electrons. The van der Waals surface area contributed by atoms with Crippen molar-refractivity contribution in [1.29, 1.82) is 0 Å². The van der Waals surface area contributed by atoms with Gasteiger partial charge in [0.25, 0.3) is 0 Å². The van der Waals surface area contributed by atoms with Crippen LogP contribution in [0, 0.1) is 0 Å². The first-order chi connectivity index (χ1) is 6.74.